The molecule has 1 heterocycles. The van der Waals surface area contributed by atoms with Gasteiger partial charge in [-0.15, -0.1) is 6.42 Å². The second kappa shape index (κ2) is 5.74. The quantitative estimate of drug-likeness (QED) is 0.635. The molecule has 2 rings (SSSR count). The zero-order chi connectivity index (χ0) is 13.7. The summed E-state index contributed by atoms with van der Waals surface area (Å²) in [4.78, 5) is 26.0. The molecule has 2 N–H and O–H groups in total. The molecule has 0 saturated carbocycles. The fraction of sp³-hybridized carbons (Fsp3) is 0.143. The number of ether oxygens (including phenoxy) is 1. The highest BCUT2D eigenvalue weighted by Gasteiger charge is 2.14. The van der Waals surface area contributed by atoms with Gasteiger partial charge in [-0.25, -0.2) is 4.79 Å². The van der Waals surface area contributed by atoms with Gasteiger partial charge in [0, 0.05) is 17.1 Å². The summed E-state index contributed by atoms with van der Waals surface area (Å²) in [5.74, 6) is 1.29. The summed E-state index contributed by atoms with van der Waals surface area (Å²) in [6, 6.07) is 7.35. The number of esters is 1. The highest BCUT2D eigenvalue weighted by Crippen LogP contribution is 2.18. The van der Waals surface area contributed by atoms with Gasteiger partial charge in [-0.2, -0.15) is 0 Å². The van der Waals surface area contributed by atoms with Crippen molar-refractivity contribution in [3.05, 3.63) is 36.0 Å². The average Bonchev–Trinajstić information content (AvgIpc) is 2.86. The Morgan fingerprint density at radius 2 is 2.16 bits per heavy atom. The Labute approximate surface area is 109 Å². The SMILES string of the molecule is C#CCNC(=O)COC(=O)c1c[nH]c2ccccc12. The summed E-state index contributed by atoms with van der Waals surface area (Å²) < 4.78 is 4.91. The van der Waals surface area contributed by atoms with Gasteiger partial charge in [0.2, 0.25) is 0 Å². The Morgan fingerprint density at radius 1 is 1.37 bits per heavy atom. The van der Waals surface area contributed by atoms with Crippen LogP contribution in [0.2, 0.25) is 0 Å². The number of carbonyl (C=O) groups is 2. The van der Waals surface area contributed by atoms with Crippen LogP contribution in [-0.4, -0.2) is 30.0 Å². The lowest BCUT2D eigenvalue weighted by atomic mass is 10.2. The summed E-state index contributed by atoms with van der Waals surface area (Å²) in [5, 5.41) is 3.17. The van der Waals surface area contributed by atoms with Crippen LogP contribution < -0.4 is 5.32 Å². The standard InChI is InChI=1S/C14H12N2O3/c1-2-7-15-13(17)9-19-14(18)11-8-16-12-6-4-3-5-10(11)12/h1,3-6,8,16H,7,9H2,(H,15,17). The molecule has 5 nitrogen and oxygen atoms in total. The zero-order valence-corrected chi connectivity index (χ0v) is 10.1. The normalized spacial score (nSPS) is 9.84. The van der Waals surface area contributed by atoms with Crippen molar-refractivity contribution in [1.29, 1.82) is 0 Å². The van der Waals surface area contributed by atoms with Crippen molar-refractivity contribution >= 4 is 22.8 Å². The summed E-state index contributed by atoms with van der Waals surface area (Å²) in [6.07, 6.45) is 6.56. The number of terminal acetylenes is 1. The monoisotopic (exact) mass is 256 g/mol. The van der Waals surface area contributed by atoms with E-state index in [1.54, 1.807) is 12.3 Å². The molecule has 0 fully saturated rings. The summed E-state index contributed by atoms with van der Waals surface area (Å²) >= 11 is 0. The first-order valence-corrected chi connectivity index (χ1v) is 5.66. The van der Waals surface area contributed by atoms with Gasteiger partial charge in [-0.1, -0.05) is 24.1 Å². The van der Waals surface area contributed by atoms with Crippen molar-refractivity contribution in [3.8, 4) is 12.3 Å². The number of rotatable bonds is 4. The molecule has 0 atom stereocenters. The lowest BCUT2D eigenvalue weighted by Gasteiger charge is -2.03. The average molecular weight is 256 g/mol. The Kier molecular flexibility index (Phi) is 3.84. The second-order valence-electron chi connectivity index (χ2n) is 3.80. The zero-order valence-electron chi connectivity index (χ0n) is 10.1. The number of aromatic amines is 1. The number of amides is 1. The molecule has 0 saturated heterocycles. The number of hydrogen-bond donors (Lipinski definition) is 2. The highest BCUT2D eigenvalue weighted by atomic mass is 16.5. The highest BCUT2D eigenvalue weighted by molar-refractivity contribution is 6.04. The molecule has 1 amide bonds. The van der Waals surface area contributed by atoms with Gasteiger partial charge in [0.1, 0.15) is 0 Å². The molecule has 0 aliphatic carbocycles. The Bertz CT molecular complexity index is 652. The van der Waals surface area contributed by atoms with Crippen LogP contribution in [0.4, 0.5) is 0 Å². The van der Waals surface area contributed by atoms with Crippen molar-refractivity contribution in [1.82, 2.24) is 10.3 Å². The lowest BCUT2D eigenvalue weighted by Crippen LogP contribution is -2.28. The van der Waals surface area contributed by atoms with Crippen LogP contribution in [0.1, 0.15) is 10.4 Å². The first-order chi connectivity index (χ1) is 9.22. The van der Waals surface area contributed by atoms with Crippen LogP contribution in [0.25, 0.3) is 10.9 Å². The van der Waals surface area contributed by atoms with Crippen LogP contribution in [0.5, 0.6) is 0 Å². The smallest absolute Gasteiger partial charge is 0.340 e. The van der Waals surface area contributed by atoms with Gasteiger partial charge in [0.15, 0.2) is 6.61 Å². The van der Waals surface area contributed by atoms with Crippen molar-refractivity contribution in [2.45, 2.75) is 0 Å². The van der Waals surface area contributed by atoms with Crippen LogP contribution in [0.3, 0.4) is 0 Å². The molecule has 0 bridgehead atoms. The number of hydrogen-bond acceptors (Lipinski definition) is 3. The number of H-pyrrole nitrogens is 1. The molecule has 0 aliphatic rings. The molecule has 1 aromatic heterocycles. The molecule has 5 heteroatoms. The topological polar surface area (TPSA) is 71.2 Å². The van der Waals surface area contributed by atoms with Crippen LogP contribution >= 0.6 is 0 Å². The van der Waals surface area contributed by atoms with Crippen LogP contribution in [-0.2, 0) is 9.53 Å². The van der Waals surface area contributed by atoms with Gasteiger partial charge in [0.05, 0.1) is 12.1 Å². The number of aromatic nitrogens is 1. The minimum atomic E-state index is -0.548. The third-order valence-corrected chi connectivity index (χ3v) is 2.53. The first-order valence-electron chi connectivity index (χ1n) is 5.66. The van der Waals surface area contributed by atoms with E-state index in [0.717, 1.165) is 10.9 Å². The van der Waals surface area contributed by atoms with Gasteiger partial charge < -0.3 is 15.0 Å². The maximum Gasteiger partial charge on any atom is 0.340 e. The van der Waals surface area contributed by atoms with E-state index in [4.69, 9.17) is 11.2 Å². The molecule has 1 aromatic carbocycles. The number of carbonyl (C=O) groups excluding carboxylic acids is 2. The molecule has 96 valence electrons. The second-order valence-corrected chi connectivity index (χ2v) is 3.80. The number of para-hydroxylation sites is 1. The maximum absolute atomic E-state index is 11.8. The van der Waals surface area contributed by atoms with E-state index in [-0.39, 0.29) is 13.2 Å². The summed E-state index contributed by atoms with van der Waals surface area (Å²) in [6.45, 7) is -0.233. The lowest BCUT2D eigenvalue weighted by molar-refractivity contribution is -0.123. The van der Waals surface area contributed by atoms with Gasteiger partial charge in [-0.05, 0) is 6.07 Å². The first kappa shape index (κ1) is 12.7. The van der Waals surface area contributed by atoms with Gasteiger partial charge in [-0.3, -0.25) is 4.79 Å². The fourth-order valence-corrected chi connectivity index (χ4v) is 1.65. The Hall–Kier alpha value is -2.74. The summed E-state index contributed by atoms with van der Waals surface area (Å²) in [5.41, 5.74) is 1.24. The molecular weight excluding hydrogens is 244 g/mol. The van der Waals surface area contributed by atoms with Crippen molar-refractivity contribution in [2.24, 2.45) is 0 Å². The van der Waals surface area contributed by atoms with E-state index in [2.05, 4.69) is 16.2 Å². The summed E-state index contributed by atoms with van der Waals surface area (Å²) in [7, 11) is 0. The van der Waals surface area contributed by atoms with E-state index in [9.17, 15) is 9.59 Å². The van der Waals surface area contributed by atoms with Crippen molar-refractivity contribution in [3.63, 3.8) is 0 Å². The van der Waals surface area contributed by atoms with Gasteiger partial charge >= 0.3 is 5.97 Å². The number of benzene rings is 1. The van der Waals surface area contributed by atoms with Crippen molar-refractivity contribution in [2.75, 3.05) is 13.2 Å². The van der Waals surface area contributed by atoms with E-state index in [0.29, 0.717) is 5.56 Å². The molecule has 0 unspecified atom stereocenters. The van der Waals surface area contributed by atoms with Crippen LogP contribution in [0.15, 0.2) is 30.5 Å². The predicted octanol–water partition coefficient (Wildman–Crippen LogP) is 1.07. The van der Waals surface area contributed by atoms with E-state index >= 15 is 0 Å². The molecule has 0 spiro atoms. The minimum absolute atomic E-state index is 0.115. The van der Waals surface area contributed by atoms with E-state index in [1.165, 1.54) is 0 Å². The fourth-order valence-electron chi connectivity index (χ4n) is 1.65. The third-order valence-electron chi connectivity index (χ3n) is 2.53. The van der Waals surface area contributed by atoms with Gasteiger partial charge in [0.25, 0.3) is 5.91 Å². The van der Waals surface area contributed by atoms with E-state index in [1.807, 2.05) is 18.2 Å². The number of fused-ring (bicyclic) bond motifs is 1. The third kappa shape index (κ3) is 2.93. The minimum Gasteiger partial charge on any atom is -0.452 e. The molecule has 0 aliphatic heterocycles. The van der Waals surface area contributed by atoms with Crippen LogP contribution in [0, 0.1) is 12.3 Å². The largest absolute Gasteiger partial charge is 0.452 e. The molecular formula is C14H12N2O3. The molecule has 0 radical (unpaired) electrons. The van der Waals surface area contributed by atoms with Crippen molar-refractivity contribution < 1.29 is 14.3 Å². The Balaban J connectivity index is 2.01. The predicted molar refractivity (Wildman–Crippen MR) is 70.4 cm³/mol. The van der Waals surface area contributed by atoms with E-state index < -0.39 is 11.9 Å². The Morgan fingerprint density at radius 3 is 2.95 bits per heavy atom. The number of nitrogens with one attached hydrogen (secondary N) is 2. The molecule has 2 aromatic rings. The maximum atomic E-state index is 11.8. The molecule has 19 heavy (non-hydrogen) atoms.